The van der Waals surface area contributed by atoms with Crippen molar-refractivity contribution < 1.29 is 4.74 Å². The van der Waals surface area contributed by atoms with Crippen LogP contribution in [0.15, 0.2) is 15.9 Å². The molecule has 1 N–H and O–H groups in total. The van der Waals surface area contributed by atoms with Gasteiger partial charge in [0.15, 0.2) is 5.82 Å². The second kappa shape index (κ2) is 6.65. The van der Waals surface area contributed by atoms with Crippen molar-refractivity contribution in [3.63, 3.8) is 0 Å². The Balaban J connectivity index is 2.48. The van der Waals surface area contributed by atoms with Crippen LogP contribution in [0.4, 0.5) is 5.82 Å². The van der Waals surface area contributed by atoms with Crippen molar-refractivity contribution in [3.05, 3.63) is 26.6 Å². The van der Waals surface area contributed by atoms with Gasteiger partial charge in [-0.1, -0.05) is 11.6 Å². The Hall–Kier alpha value is -0.690. The van der Waals surface area contributed by atoms with E-state index in [0.717, 1.165) is 27.4 Å². The van der Waals surface area contributed by atoms with Crippen molar-refractivity contribution in [2.75, 3.05) is 19.0 Å². The zero-order valence-electron chi connectivity index (χ0n) is 10.5. The highest BCUT2D eigenvalue weighted by atomic mass is 79.9. The van der Waals surface area contributed by atoms with E-state index in [4.69, 9.17) is 16.3 Å². The molecule has 0 aliphatic carbocycles. The maximum Gasteiger partial charge on any atom is 0.172 e. The molecular formula is C12H13BrClN3OS. The topological polar surface area (TPSA) is 47.0 Å². The first-order valence-electron chi connectivity index (χ1n) is 5.69. The molecule has 2 rings (SSSR count). The number of hydrogen-bond acceptors (Lipinski definition) is 5. The molecule has 102 valence electrons. The van der Waals surface area contributed by atoms with E-state index in [1.807, 2.05) is 18.4 Å². The van der Waals surface area contributed by atoms with Crippen molar-refractivity contribution in [1.82, 2.24) is 9.97 Å². The molecule has 0 aliphatic rings. The largest absolute Gasteiger partial charge is 0.378 e. The van der Waals surface area contributed by atoms with Crippen molar-refractivity contribution in [1.29, 1.82) is 0 Å². The molecule has 0 aliphatic heterocycles. The van der Waals surface area contributed by atoms with E-state index < -0.39 is 0 Å². The van der Waals surface area contributed by atoms with Crippen LogP contribution in [0.25, 0.3) is 10.7 Å². The number of aromatic nitrogens is 2. The molecule has 0 fully saturated rings. The third kappa shape index (κ3) is 3.45. The minimum absolute atomic E-state index is 0.424. The van der Waals surface area contributed by atoms with Gasteiger partial charge in [0.1, 0.15) is 5.82 Å². The van der Waals surface area contributed by atoms with Crippen molar-refractivity contribution in [3.8, 4) is 10.7 Å². The highest BCUT2D eigenvalue weighted by molar-refractivity contribution is 9.10. The third-order valence-corrected chi connectivity index (χ3v) is 4.44. The Morgan fingerprint density at radius 2 is 2.26 bits per heavy atom. The summed E-state index contributed by atoms with van der Waals surface area (Å²) in [5, 5.41) is 5.77. The van der Waals surface area contributed by atoms with Gasteiger partial charge in [-0.3, -0.25) is 0 Å². The first kappa shape index (κ1) is 14.7. The number of hydrogen-bond donors (Lipinski definition) is 1. The number of nitrogens with zero attached hydrogens (tertiary/aromatic N) is 2. The predicted octanol–water partition coefficient (Wildman–Crippen LogP) is 4.20. The lowest BCUT2D eigenvalue weighted by molar-refractivity contribution is 0.181. The molecular weight excluding hydrogens is 350 g/mol. The molecule has 2 aromatic heterocycles. The van der Waals surface area contributed by atoms with Crippen LogP contribution < -0.4 is 5.32 Å². The van der Waals surface area contributed by atoms with Crippen molar-refractivity contribution in [2.24, 2.45) is 0 Å². The maximum absolute atomic E-state index is 5.95. The normalized spacial score (nSPS) is 10.7. The summed E-state index contributed by atoms with van der Waals surface area (Å²) in [6.45, 7) is 3.23. The number of halogens is 2. The Labute approximate surface area is 129 Å². The Bertz CT molecular complexity index is 549. The number of rotatable bonds is 5. The predicted molar refractivity (Wildman–Crippen MR) is 82.9 cm³/mol. The van der Waals surface area contributed by atoms with E-state index in [0.29, 0.717) is 17.5 Å². The fourth-order valence-electron chi connectivity index (χ4n) is 1.55. The van der Waals surface area contributed by atoms with E-state index in [-0.39, 0.29) is 0 Å². The van der Waals surface area contributed by atoms with Gasteiger partial charge in [-0.05, 0) is 28.9 Å². The van der Waals surface area contributed by atoms with Crippen LogP contribution in [0.1, 0.15) is 12.6 Å². The van der Waals surface area contributed by atoms with Crippen LogP contribution in [-0.2, 0) is 11.3 Å². The second-order valence-electron chi connectivity index (χ2n) is 3.75. The zero-order valence-corrected chi connectivity index (χ0v) is 13.7. The fraction of sp³-hybridized carbons (Fsp3) is 0.333. The number of thiophene rings is 1. The van der Waals surface area contributed by atoms with Crippen molar-refractivity contribution >= 4 is 44.7 Å². The summed E-state index contributed by atoms with van der Waals surface area (Å²) in [4.78, 5) is 9.97. The lowest BCUT2D eigenvalue weighted by Crippen LogP contribution is -2.06. The monoisotopic (exact) mass is 361 g/mol. The summed E-state index contributed by atoms with van der Waals surface area (Å²) < 4.78 is 6.00. The average molecular weight is 363 g/mol. The van der Waals surface area contributed by atoms with Gasteiger partial charge in [0.2, 0.25) is 0 Å². The minimum Gasteiger partial charge on any atom is -0.378 e. The molecule has 2 aromatic rings. The number of anilines is 1. The molecule has 0 radical (unpaired) electrons. The maximum atomic E-state index is 5.95. The first-order valence-corrected chi connectivity index (χ1v) is 7.74. The average Bonchev–Trinajstić information content (AvgIpc) is 2.81. The molecule has 0 unspecified atom stereocenters. The molecule has 0 spiro atoms. The Morgan fingerprint density at radius 3 is 2.84 bits per heavy atom. The quantitative estimate of drug-likeness (QED) is 0.866. The summed E-state index contributed by atoms with van der Waals surface area (Å²) in [6, 6.07) is 1.86. The van der Waals surface area contributed by atoms with Gasteiger partial charge < -0.3 is 10.1 Å². The van der Waals surface area contributed by atoms with Gasteiger partial charge in [0, 0.05) is 19.0 Å². The molecule has 19 heavy (non-hydrogen) atoms. The van der Waals surface area contributed by atoms with E-state index >= 15 is 0 Å². The van der Waals surface area contributed by atoms with E-state index in [9.17, 15) is 0 Å². The van der Waals surface area contributed by atoms with Gasteiger partial charge in [0.25, 0.3) is 0 Å². The highest BCUT2D eigenvalue weighted by Crippen LogP contribution is 2.31. The number of nitrogens with one attached hydrogen (secondary N) is 1. The van der Waals surface area contributed by atoms with Crippen molar-refractivity contribution in [2.45, 2.75) is 13.5 Å². The van der Waals surface area contributed by atoms with Gasteiger partial charge >= 0.3 is 0 Å². The fourth-order valence-corrected chi connectivity index (χ4v) is 2.99. The minimum atomic E-state index is 0.424. The lowest BCUT2D eigenvalue weighted by atomic mass is 10.3. The van der Waals surface area contributed by atoms with Crippen LogP contribution >= 0.6 is 38.9 Å². The summed E-state index contributed by atoms with van der Waals surface area (Å²) in [7, 11) is 1.64. The lowest BCUT2D eigenvalue weighted by Gasteiger charge is -2.11. The first-order chi connectivity index (χ1) is 9.15. The highest BCUT2D eigenvalue weighted by Gasteiger charge is 2.14. The molecule has 0 amide bonds. The summed E-state index contributed by atoms with van der Waals surface area (Å²) in [6.07, 6.45) is 0. The standard InChI is InChI=1S/C12H13BrClN3OS/c1-3-15-12-10(13)8(5-18-2)16-11(17-12)9-4-7(14)6-19-9/h4,6H,3,5H2,1-2H3,(H,15,16,17). The van der Waals surface area contributed by atoms with Crippen LogP contribution in [0.5, 0.6) is 0 Å². The van der Waals surface area contributed by atoms with Gasteiger partial charge in [-0.15, -0.1) is 11.3 Å². The molecule has 7 heteroatoms. The van der Waals surface area contributed by atoms with E-state index in [1.165, 1.54) is 11.3 Å². The zero-order chi connectivity index (χ0) is 13.8. The molecule has 2 heterocycles. The second-order valence-corrected chi connectivity index (χ2v) is 5.89. The van der Waals surface area contributed by atoms with Gasteiger partial charge in [0.05, 0.1) is 26.7 Å². The SMILES string of the molecule is CCNc1nc(-c2cc(Cl)cs2)nc(COC)c1Br. The van der Waals surface area contributed by atoms with E-state index in [2.05, 4.69) is 31.2 Å². The third-order valence-electron chi connectivity index (χ3n) is 2.33. The van der Waals surface area contributed by atoms with Gasteiger partial charge in [-0.25, -0.2) is 9.97 Å². The molecule has 0 atom stereocenters. The number of methoxy groups -OCH3 is 1. The summed E-state index contributed by atoms with van der Waals surface area (Å²) in [5.41, 5.74) is 0.813. The Morgan fingerprint density at radius 1 is 1.47 bits per heavy atom. The van der Waals surface area contributed by atoms with Crippen LogP contribution in [0.2, 0.25) is 5.02 Å². The van der Waals surface area contributed by atoms with Crippen LogP contribution in [-0.4, -0.2) is 23.6 Å². The summed E-state index contributed by atoms with van der Waals surface area (Å²) >= 11 is 11.0. The molecule has 0 aromatic carbocycles. The van der Waals surface area contributed by atoms with E-state index in [1.54, 1.807) is 7.11 Å². The molecule has 0 saturated heterocycles. The van der Waals surface area contributed by atoms with Crippen LogP contribution in [0, 0.1) is 0 Å². The summed E-state index contributed by atoms with van der Waals surface area (Å²) in [5.74, 6) is 1.42. The van der Waals surface area contributed by atoms with Gasteiger partial charge in [-0.2, -0.15) is 0 Å². The smallest absolute Gasteiger partial charge is 0.172 e. The molecule has 4 nitrogen and oxygen atoms in total. The molecule has 0 bridgehead atoms. The van der Waals surface area contributed by atoms with Crippen LogP contribution in [0.3, 0.4) is 0 Å². The Kier molecular flexibility index (Phi) is 5.15. The number of ether oxygens (including phenoxy) is 1. The molecule has 0 saturated carbocycles.